The molecule has 196 valence electrons. The molecule has 0 spiro atoms. The average molecular weight is 525 g/mol. The first kappa shape index (κ1) is 25.0. The van der Waals surface area contributed by atoms with Crippen molar-refractivity contribution in [2.75, 3.05) is 38.2 Å². The highest BCUT2D eigenvalue weighted by atomic mass is 32.1. The summed E-state index contributed by atoms with van der Waals surface area (Å²) in [7, 11) is 1.47. The summed E-state index contributed by atoms with van der Waals surface area (Å²) in [6, 6.07) is 0.0783. The van der Waals surface area contributed by atoms with E-state index in [0.29, 0.717) is 19.6 Å². The van der Waals surface area contributed by atoms with Crippen molar-refractivity contribution in [3.8, 4) is 11.3 Å². The summed E-state index contributed by atoms with van der Waals surface area (Å²) in [4.78, 5) is 42.0. The lowest BCUT2D eigenvalue weighted by Gasteiger charge is -2.39. The minimum Gasteiger partial charge on any atom is -0.439 e. The minimum absolute atomic E-state index is 0.0783. The number of hydrogen-bond donors (Lipinski definition) is 2. The molecule has 5 rings (SSSR count). The monoisotopic (exact) mass is 524 g/mol. The molecule has 4 aromatic rings. The Bertz CT molecular complexity index is 1490. The van der Waals surface area contributed by atoms with E-state index in [9.17, 15) is 9.59 Å². The van der Waals surface area contributed by atoms with Crippen molar-refractivity contribution in [2.24, 2.45) is 0 Å². The molecule has 0 bridgehead atoms. The van der Waals surface area contributed by atoms with E-state index in [-0.39, 0.29) is 24.5 Å². The number of H-pyrrole nitrogens is 1. The van der Waals surface area contributed by atoms with E-state index in [0.717, 1.165) is 37.9 Å². The first-order valence-corrected chi connectivity index (χ1v) is 13.2. The molecule has 11 nitrogen and oxygen atoms in total. The van der Waals surface area contributed by atoms with Gasteiger partial charge in [0.05, 0.1) is 5.69 Å². The summed E-state index contributed by atoms with van der Waals surface area (Å²) >= 11 is 1.64. The fourth-order valence-electron chi connectivity index (χ4n) is 4.99. The van der Waals surface area contributed by atoms with Crippen LogP contribution in [0.5, 0.6) is 0 Å². The van der Waals surface area contributed by atoms with Gasteiger partial charge in [0.1, 0.15) is 16.7 Å². The number of carbonyl (C=O) groups is 2. The number of fused-ring (bicyclic) bond motifs is 2. The normalized spacial score (nSPS) is 16.2. The third kappa shape index (κ3) is 4.39. The van der Waals surface area contributed by atoms with Gasteiger partial charge in [0.25, 0.3) is 5.91 Å². The summed E-state index contributed by atoms with van der Waals surface area (Å²) < 4.78 is 6.75. The number of piperazine rings is 1. The lowest BCUT2D eigenvalue weighted by Crippen LogP contribution is -2.54. The summed E-state index contributed by atoms with van der Waals surface area (Å²) in [6.45, 7) is 12.2. The van der Waals surface area contributed by atoms with Gasteiger partial charge in [-0.05, 0) is 37.8 Å². The number of rotatable bonds is 5. The molecule has 37 heavy (non-hydrogen) atoms. The number of hydrogen-bond acceptors (Lipinski definition) is 8. The molecule has 2 N–H and O–H groups in total. The Morgan fingerprint density at radius 1 is 1.27 bits per heavy atom. The molecule has 0 radical (unpaired) electrons. The molecule has 2 amide bonds. The molecule has 5 heterocycles. The number of anilines is 1. The van der Waals surface area contributed by atoms with Crippen molar-refractivity contribution in [3.63, 3.8) is 0 Å². The second-order valence-corrected chi connectivity index (χ2v) is 10.7. The molecule has 0 aromatic carbocycles. The molecule has 1 aliphatic rings. The Balaban J connectivity index is 1.42. The van der Waals surface area contributed by atoms with Crippen LogP contribution in [0.25, 0.3) is 27.3 Å². The quantitative estimate of drug-likeness (QED) is 0.410. The fourth-order valence-corrected chi connectivity index (χ4v) is 6.10. The average Bonchev–Trinajstić information content (AvgIpc) is 3.58. The second kappa shape index (κ2) is 9.66. The Morgan fingerprint density at radius 3 is 2.76 bits per heavy atom. The number of nitrogens with one attached hydrogen (secondary N) is 2. The molecule has 1 fully saturated rings. The molecule has 0 unspecified atom stereocenters. The minimum atomic E-state index is -0.607. The molecule has 1 saturated heterocycles. The van der Waals surface area contributed by atoms with Gasteiger partial charge in [-0.15, -0.1) is 0 Å². The van der Waals surface area contributed by atoms with Crippen molar-refractivity contribution >= 4 is 44.5 Å². The van der Waals surface area contributed by atoms with Crippen LogP contribution in [0.1, 0.15) is 43.4 Å². The van der Waals surface area contributed by atoms with Crippen LogP contribution >= 0.6 is 11.3 Å². The number of alkyl carbamates (subject to hydrolysis) is 1. The van der Waals surface area contributed by atoms with Crippen LogP contribution in [-0.4, -0.2) is 80.8 Å². The van der Waals surface area contributed by atoms with E-state index in [1.165, 1.54) is 18.2 Å². The number of thiazole rings is 1. The van der Waals surface area contributed by atoms with E-state index in [2.05, 4.69) is 59.9 Å². The molecule has 4 aromatic heterocycles. The Hall–Kier alpha value is -3.67. The summed E-state index contributed by atoms with van der Waals surface area (Å²) in [6.07, 6.45) is 3.02. The van der Waals surface area contributed by atoms with E-state index >= 15 is 0 Å². The van der Waals surface area contributed by atoms with Crippen LogP contribution in [0.2, 0.25) is 0 Å². The van der Waals surface area contributed by atoms with Crippen LogP contribution in [0, 0.1) is 13.8 Å². The van der Waals surface area contributed by atoms with Gasteiger partial charge in [-0.3, -0.25) is 4.79 Å². The lowest BCUT2D eigenvalue weighted by atomic mass is 9.96. The highest BCUT2D eigenvalue weighted by molar-refractivity contribution is 7.21. The van der Waals surface area contributed by atoms with Crippen molar-refractivity contribution in [1.29, 1.82) is 0 Å². The molecule has 0 saturated carbocycles. The number of amides is 2. The van der Waals surface area contributed by atoms with Gasteiger partial charge in [0, 0.05) is 50.0 Å². The van der Waals surface area contributed by atoms with Crippen LogP contribution < -0.4 is 10.2 Å². The molecule has 1 atom stereocenters. The number of pyridine rings is 1. The summed E-state index contributed by atoms with van der Waals surface area (Å²) in [5.74, 6) is 0.0696. The van der Waals surface area contributed by atoms with E-state index in [4.69, 9.17) is 9.72 Å². The molecule has 1 aliphatic heterocycles. The van der Waals surface area contributed by atoms with Crippen molar-refractivity contribution in [3.05, 3.63) is 29.2 Å². The summed E-state index contributed by atoms with van der Waals surface area (Å²) in [5.41, 5.74) is 7.51. The highest BCUT2D eigenvalue weighted by Crippen LogP contribution is 2.41. The maximum absolute atomic E-state index is 12.5. The standard InChI is InChI=1S/C25H32N8O3S/c1-13(2)19-20(17-10-33-22(27-12-28-33)16(5)15(17)4)29-23-21(19)30-24(37-23)32-8-7-31(9-14(32)3)18(34)11-36-25(35)26-6/h10,12-14,29H,7-9,11H2,1-6H3,(H,26,35)/t14-/m1/s1. The Labute approximate surface area is 218 Å². The zero-order valence-electron chi connectivity index (χ0n) is 22.0. The molecule has 12 heteroatoms. The highest BCUT2D eigenvalue weighted by Gasteiger charge is 2.30. The van der Waals surface area contributed by atoms with Gasteiger partial charge in [0.15, 0.2) is 17.4 Å². The zero-order chi connectivity index (χ0) is 26.4. The van der Waals surface area contributed by atoms with Crippen LogP contribution in [0.3, 0.4) is 0 Å². The smallest absolute Gasteiger partial charge is 0.407 e. The SMILES string of the molecule is CNC(=O)OCC(=O)N1CCN(c2nc3c(C(C)C)c(-c4cn5ncnc5c(C)c4C)[nH]c3s2)[C@H](C)C1. The van der Waals surface area contributed by atoms with Crippen molar-refractivity contribution in [2.45, 2.75) is 46.6 Å². The maximum Gasteiger partial charge on any atom is 0.407 e. The summed E-state index contributed by atoms with van der Waals surface area (Å²) in [5, 5.41) is 7.66. The lowest BCUT2D eigenvalue weighted by molar-refractivity contribution is -0.135. The van der Waals surface area contributed by atoms with Gasteiger partial charge < -0.3 is 24.8 Å². The third-order valence-electron chi connectivity index (χ3n) is 7.11. The van der Waals surface area contributed by atoms with E-state index < -0.39 is 6.09 Å². The number of nitrogens with zero attached hydrogens (tertiary/aromatic N) is 6. The van der Waals surface area contributed by atoms with E-state index in [1.807, 2.05) is 10.7 Å². The van der Waals surface area contributed by atoms with Gasteiger partial charge in [-0.1, -0.05) is 25.2 Å². The number of carbonyl (C=O) groups excluding carboxylic acids is 2. The fraction of sp³-hybridized carbons (Fsp3) is 0.480. The number of aromatic nitrogens is 5. The van der Waals surface area contributed by atoms with Crippen LogP contribution in [-0.2, 0) is 9.53 Å². The van der Waals surface area contributed by atoms with Gasteiger partial charge >= 0.3 is 6.09 Å². The van der Waals surface area contributed by atoms with Crippen molar-refractivity contribution in [1.82, 2.24) is 34.8 Å². The van der Waals surface area contributed by atoms with Gasteiger partial charge in [-0.2, -0.15) is 5.10 Å². The predicted octanol–water partition coefficient (Wildman–Crippen LogP) is 3.47. The number of aryl methyl sites for hydroxylation is 1. The van der Waals surface area contributed by atoms with Crippen LogP contribution in [0.15, 0.2) is 12.5 Å². The topological polar surface area (TPSA) is 121 Å². The first-order valence-electron chi connectivity index (χ1n) is 12.4. The van der Waals surface area contributed by atoms with Gasteiger partial charge in [0.2, 0.25) is 0 Å². The van der Waals surface area contributed by atoms with Crippen LogP contribution in [0.4, 0.5) is 9.93 Å². The second-order valence-electron chi connectivity index (χ2n) is 9.77. The zero-order valence-corrected chi connectivity index (χ0v) is 22.8. The number of aromatic amines is 1. The maximum atomic E-state index is 12.5. The number of ether oxygens (including phenoxy) is 1. The predicted molar refractivity (Wildman–Crippen MR) is 143 cm³/mol. The Morgan fingerprint density at radius 2 is 2.05 bits per heavy atom. The first-order chi connectivity index (χ1) is 17.7. The Kier molecular flexibility index (Phi) is 6.52. The molecule has 0 aliphatic carbocycles. The van der Waals surface area contributed by atoms with Gasteiger partial charge in [-0.25, -0.2) is 19.3 Å². The molecular formula is C25H32N8O3S. The van der Waals surface area contributed by atoms with Crippen molar-refractivity contribution < 1.29 is 14.3 Å². The third-order valence-corrected chi connectivity index (χ3v) is 8.12. The molecular weight excluding hydrogens is 492 g/mol. The largest absolute Gasteiger partial charge is 0.439 e. The van der Waals surface area contributed by atoms with E-state index in [1.54, 1.807) is 22.6 Å².